The molecule has 1 amide bonds. The molecule has 0 unspecified atom stereocenters. The Labute approximate surface area is 200 Å². The summed E-state index contributed by atoms with van der Waals surface area (Å²) < 4.78 is 5.87. The van der Waals surface area contributed by atoms with E-state index >= 15 is 0 Å². The summed E-state index contributed by atoms with van der Waals surface area (Å²) in [4.78, 5) is 22.6. The topological polar surface area (TPSA) is 70.2 Å². The van der Waals surface area contributed by atoms with E-state index in [2.05, 4.69) is 70.4 Å². The van der Waals surface area contributed by atoms with Gasteiger partial charge in [-0.3, -0.25) is 14.7 Å². The number of aromatic nitrogens is 2. The van der Waals surface area contributed by atoms with Crippen LogP contribution in [0.1, 0.15) is 22.4 Å². The number of nitrogens with one attached hydrogen (secondary N) is 2. The lowest BCUT2D eigenvalue weighted by Crippen LogP contribution is -2.40. The van der Waals surface area contributed by atoms with E-state index in [0.29, 0.717) is 25.6 Å². The van der Waals surface area contributed by atoms with Gasteiger partial charge in [0.15, 0.2) is 0 Å². The normalized spacial score (nSPS) is 17.2. The minimum atomic E-state index is 0.0551. The first-order chi connectivity index (χ1) is 16.5. The van der Waals surface area contributed by atoms with Crippen molar-refractivity contribution >= 4 is 27.6 Å². The summed E-state index contributed by atoms with van der Waals surface area (Å²) in [5.41, 5.74) is 6.00. The van der Waals surface area contributed by atoms with Gasteiger partial charge in [-0.05, 0) is 72.5 Å². The molecule has 6 heteroatoms. The Kier molecular flexibility index (Phi) is 6.61. The molecule has 0 spiro atoms. The van der Waals surface area contributed by atoms with Gasteiger partial charge in [-0.15, -0.1) is 0 Å². The average molecular weight is 457 g/mol. The van der Waals surface area contributed by atoms with Crippen LogP contribution < -0.4 is 5.32 Å². The Hall–Kier alpha value is -3.22. The summed E-state index contributed by atoms with van der Waals surface area (Å²) in [6.45, 7) is 8.16. The van der Waals surface area contributed by atoms with Crippen LogP contribution in [0.25, 0.3) is 21.7 Å². The minimum Gasteiger partial charge on any atom is -0.380 e. The zero-order chi connectivity index (χ0) is 23.5. The summed E-state index contributed by atoms with van der Waals surface area (Å²) >= 11 is 0. The molecule has 1 atom stereocenters. The van der Waals surface area contributed by atoms with Gasteiger partial charge in [0.25, 0.3) is 0 Å². The molecule has 0 aliphatic carbocycles. The van der Waals surface area contributed by atoms with Crippen molar-refractivity contribution in [3.8, 4) is 0 Å². The summed E-state index contributed by atoms with van der Waals surface area (Å²) in [6.07, 6.45) is 4.67. The first-order valence-corrected chi connectivity index (χ1v) is 12.0. The van der Waals surface area contributed by atoms with Gasteiger partial charge in [0.2, 0.25) is 5.91 Å². The molecule has 0 saturated carbocycles. The van der Waals surface area contributed by atoms with E-state index in [1.54, 1.807) is 0 Å². The van der Waals surface area contributed by atoms with Crippen LogP contribution in [-0.4, -0.2) is 53.6 Å². The van der Waals surface area contributed by atoms with Crippen molar-refractivity contribution in [1.82, 2.24) is 20.2 Å². The maximum Gasteiger partial charge on any atom is 0.234 e. The van der Waals surface area contributed by atoms with Gasteiger partial charge >= 0.3 is 0 Å². The Morgan fingerprint density at radius 2 is 2.03 bits per heavy atom. The summed E-state index contributed by atoms with van der Waals surface area (Å²) in [5, 5.41) is 6.69. The molecule has 2 N–H and O–H groups in total. The third-order valence-electron chi connectivity index (χ3n) is 6.88. The van der Waals surface area contributed by atoms with Crippen molar-refractivity contribution in [3.05, 3.63) is 77.2 Å². The number of amides is 1. The van der Waals surface area contributed by atoms with Crippen molar-refractivity contribution in [2.75, 3.05) is 32.8 Å². The summed E-state index contributed by atoms with van der Waals surface area (Å²) in [5.74, 6) is 0.408. The van der Waals surface area contributed by atoms with Crippen molar-refractivity contribution in [2.45, 2.75) is 26.8 Å². The minimum absolute atomic E-state index is 0.0551. The SMILES string of the molecule is Cc1[nH]c2ccc(CNC(=O)CN3CCOC[C@H](Cc4ccc5ccncc5c4)C3)cc2c1C. The molecule has 1 aliphatic heterocycles. The van der Waals surface area contributed by atoms with Crippen LogP contribution in [0.4, 0.5) is 0 Å². The molecule has 176 valence electrons. The number of aromatic amines is 1. The lowest BCUT2D eigenvalue weighted by atomic mass is 9.98. The van der Waals surface area contributed by atoms with Gasteiger partial charge in [-0.25, -0.2) is 0 Å². The van der Waals surface area contributed by atoms with E-state index in [-0.39, 0.29) is 5.91 Å². The van der Waals surface area contributed by atoms with Crippen LogP contribution in [0.5, 0.6) is 0 Å². The number of H-pyrrole nitrogens is 1. The van der Waals surface area contributed by atoms with Gasteiger partial charge in [0, 0.05) is 54.0 Å². The molecule has 1 saturated heterocycles. The number of rotatable bonds is 6. The first kappa shape index (κ1) is 22.6. The maximum absolute atomic E-state index is 12.7. The van der Waals surface area contributed by atoms with Crippen molar-refractivity contribution < 1.29 is 9.53 Å². The van der Waals surface area contributed by atoms with E-state index < -0.39 is 0 Å². The molecular weight excluding hydrogens is 424 g/mol. The number of aryl methyl sites for hydroxylation is 2. The lowest BCUT2D eigenvalue weighted by Gasteiger charge is -2.23. The highest BCUT2D eigenvalue weighted by Crippen LogP contribution is 2.22. The molecule has 2 aromatic carbocycles. The third-order valence-corrected chi connectivity index (χ3v) is 6.88. The van der Waals surface area contributed by atoms with E-state index in [4.69, 9.17) is 4.74 Å². The zero-order valence-electron chi connectivity index (χ0n) is 19.9. The van der Waals surface area contributed by atoms with Gasteiger partial charge in [-0.1, -0.05) is 18.2 Å². The highest BCUT2D eigenvalue weighted by molar-refractivity contribution is 5.85. The van der Waals surface area contributed by atoms with Crippen LogP contribution in [-0.2, 0) is 22.5 Å². The molecule has 2 aromatic heterocycles. The Morgan fingerprint density at radius 1 is 1.15 bits per heavy atom. The molecular formula is C28H32N4O2. The summed E-state index contributed by atoms with van der Waals surface area (Å²) in [6, 6.07) is 14.9. The first-order valence-electron chi connectivity index (χ1n) is 12.0. The Morgan fingerprint density at radius 3 is 2.94 bits per heavy atom. The van der Waals surface area contributed by atoms with E-state index in [1.807, 2.05) is 18.5 Å². The fourth-order valence-electron chi connectivity index (χ4n) is 4.89. The molecule has 3 heterocycles. The van der Waals surface area contributed by atoms with Gasteiger partial charge in [0.05, 0.1) is 19.8 Å². The molecule has 0 radical (unpaired) electrons. The number of fused-ring (bicyclic) bond motifs is 2. The number of carbonyl (C=O) groups is 1. The number of ether oxygens (including phenoxy) is 1. The Balaban J connectivity index is 1.17. The van der Waals surface area contributed by atoms with E-state index in [9.17, 15) is 4.79 Å². The van der Waals surface area contributed by atoms with Crippen molar-refractivity contribution in [1.29, 1.82) is 0 Å². The highest BCUT2D eigenvalue weighted by Gasteiger charge is 2.21. The quantitative estimate of drug-likeness (QED) is 0.458. The van der Waals surface area contributed by atoms with Gasteiger partial charge in [0.1, 0.15) is 0 Å². The molecule has 1 fully saturated rings. The predicted octanol–water partition coefficient (Wildman–Crippen LogP) is 4.14. The zero-order valence-corrected chi connectivity index (χ0v) is 19.9. The number of benzene rings is 2. The van der Waals surface area contributed by atoms with Crippen molar-refractivity contribution in [2.24, 2.45) is 5.92 Å². The number of hydrogen-bond acceptors (Lipinski definition) is 4. The fourth-order valence-corrected chi connectivity index (χ4v) is 4.89. The molecule has 0 bridgehead atoms. The van der Waals surface area contributed by atoms with Gasteiger partial charge in [-0.2, -0.15) is 0 Å². The molecule has 5 rings (SSSR count). The number of carbonyl (C=O) groups excluding carboxylic acids is 1. The Bertz CT molecular complexity index is 1310. The monoisotopic (exact) mass is 456 g/mol. The van der Waals surface area contributed by atoms with Crippen LogP contribution >= 0.6 is 0 Å². The van der Waals surface area contributed by atoms with E-state index in [0.717, 1.165) is 42.6 Å². The smallest absolute Gasteiger partial charge is 0.234 e. The van der Waals surface area contributed by atoms with Crippen LogP contribution in [0, 0.1) is 19.8 Å². The van der Waals surface area contributed by atoms with Gasteiger partial charge < -0.3 is 15.0 Å². The third kappa shape index (κ3) is 5.13. The van der Waals surface area contributed by atoms with Crippen LogP contribution in [0.2, 0.25) is 0 Å². The highest BCUT2D eigenvalue weighted by atomic mass is 16.5. The average Bonchev–Trinajstić information content (AvgIpc) is 2.98. The predicted molar refractivity (Wildman–Crippen MR) is 136 cm³/mol. The summed E-state index contributed by atoms with van der Waals surface area (Å²) in [7, 11) is 0. The molecule has 6 nitrogen and oxygen atoms in total. The number of nitrogens with zero attached hydrogens (tertiary/aromatic N) is 2. The standard InChI is InChI=1S/C28H32N4O2/c1-19-20(2)31-27-6-4-22(13-26(19)27)14-30-28(33)17-32-9-10-34-18-23(16-32)11-21-3-5-24-7-8-29-15-25(24)12-21/h3-8,12-13,15,23,31H,9-11,14,16-18H2,1-2H3,(H,30,33)/t23-/m1/s1. The second-order valence-electron chi connectivity index (χ2n) is 9.47. The van der Waals surface area contributed by atoms with Crippen LogP contribution in [0.15, 0.2) is 54.9 Å². The fraction of sp³-hybridized carbons (Fsp3) is 0.357. The number of pyridine rings is 1. The van der Waals surface area contributed by atoms with Crippen molar-refractivity contribution in [3.63, 3.8) is 0 Å². The maximum atomic E-state index is 12.7. The largest absolute Gasteiger partial charge is 0.380 e. The molecule has 1 aliphatic rings. The van der Waals surface area contributed by atoms with E-state index in [1.165, 1.54) is 27.6 Å². The second-order valence-corrected chi connectivity index (χ2v) is 9.47. The number of hydrogen-bond donors (Lipinski definition) is 2. The molecule has 34 heavy (non-hydrogen) atoms. The molecule has 4 aromatic rings. The van der Waals surface area contributed by atoms with Crippen LogP contribution in [0.3, 0.4) is 0 Å². The lowest BCUT2D eigenvalue weighted by molar-refractivity contribution is -0.122. The second kappa shape index (κ2) is 9.95.